The number of alkyl carbamates (subject to hydrolysis) is 1. The summed E-state index contributed by atoms with van der Waals surface area (Å²) in [5.74, 6) is -0.0182. The number of hydrogen-bond acceptors (Lipinski definition) is 5. The van der Waals surface area contributed by atoms with E-state index in [1.54, 1.807) is 6.20 Å². The first-order valence-corrected chi connectivity index (χ1v) is 10.4. The molecule has 1 unspecified atom stereocenters. The Morgan fingerprint density at radius 3 is 2.71 bits per heavy atom. The SMILES string of the molecule is CC(C)(C)OC(=O)NCC1CCCCN1C(=O)c1cnc(-c2ccccc2)s1. The highest BCUT2D eigenvalue weighted by Gasteiger charge is 2.29. The second kappa shape index (κ2) is 8.73. The molecule has 1 fully saturated rings. The van der Waals surface area contributed by atoms with Crippen molar-refractivity contribution >= 4 is 23.3 Å². The average Bonchev–Trinajstić information content (AvgIpc) is 3.16. The molecular weight excluding hydrogens is 374 g/mol. The van der Waals surface area contributed by atoms with Crippen LogP contribution in [-0.2, 0) is 4.74 Å². The van der Waals surface area contributed by atoms with Gasteiger partial charge in [0, 0.05) is 24.7 Å². The highest BCUT2D eigenvalue weighted by Crippen LogP contribution is 2.27. The Hall–Kier alpha value is -2.41. The van der Waals surface area contributed by atoms with Gasteiger partial charge in [0.05, 0.1) is 6.20 Å². The molecule has 1 atom stereocenters. The Bertz CT molecular complexity index is 814. The van der Waals surface area contributed by atoms with Crippen LogP contribution in [0, 0.1) is 0 Å². The fourth-order valence-corrected chi connectivity index (χ4v) is 4.10. The van der Waals surface area contributed by atoms with Crippen LogP contribution in [0.5, 0.6) is 0 Å². The van der Waals surface area contributed by atoms with Crippen molar-refractivity contribution in [2.75, 3.05) is 13.1 Å². The molecule has 28 heavy (non-hydrogen) atoms. The van der Waals surface area contributed by atoms with Gasteiger partial charge in [0.25, 0.3) is 5.91 Å². The third-order valence-electron chi connectivity index (χ3n) is 4.51. The van der Waals surface area contributed by atoms with Gasteiger partial charge in [-0.3, -0.25) is 4.79 Å². The molecule has 0 spiro atoms. The van der Waals surface area contributed by atoms with Crippen molar-refractivity contribution < 1.29 is 14.3 Å². The third kappa shape index (κ3) is 5.32. The van der Waals surface area contributed by atoms with Gasteiger partial charge in [-0.05, 0) is 40.0 Å². The van der Waals surface area contributed by atoms with Crippen molar-refractivity contribution in [3.05, 3.63) is 41.4 Å². The van der Waals surface area contributed by atoms with E-state index in [0.717, 1.165) is 29.8 Å². The molecule has 1 aliphatic heterocycles. The molecule has 0 bridgehead atoms. The van der Waals surface area contributed by atoms with E-state index in [1.807, 2.05) is 56.0 Å². The number of piperidine rings is 1. The lowest BCUT2D eigenvalue weighted by Crippen LogP contribution is -2.49. The first kappa shape index (κ1) is 20.3. The molecular formula is C21H27N3O3S. The first-order chi connectivity index (χ1) is 13.3. The summed E-state index contributed by atoms with van der Waals surface area (Å²) in [5, 5.41) is 3.65. The van der Waals surface area contributed by atoms with Gasteiger partial charge < -0.3 is 15.0 Å². The van der Waals surface area contributed by atoms with Gasteiger partial charge in [-0.15, -0.1) is 11.3 Å². The van der Waals surface area contributed by atoms with Crippen LogP contribution in [0.4, 0.5) is 4.79 Å². The number of benzene rings is 1. The normalized spacial score (nSPS) is 17.2. The quantitative estimate of drug-likeness (QED) is 0.828. The highest BCUT2D eigenvalue weighted by molar-refractivity contribution is 7.16. The van der Waals surface area contributed by atoms with Crippen LogP contribution in [-0.4, -0.2) is 46.6 Å². The van der Waals surface area contributed by atoms with Crippen LogP contribution in [0.3, 0.4) is 0 Å². The minimum Gasteiger partial charge on any atom is -0.444 e. The summed E-state index contributed by atoms with van der Waals surface area (Å²) in [6.07, 6.45) is 4.09. The van der Waals surface area contributed by atoms with Crippen molar-refractivity contribution in [3.63, 3.8) is 0 Å². The first-order valence-electron chi connectivity index (χ1n) is 9.62. The molecule has 1 aromatic carbocycles. The van der Waals surface area contributed by atoms with Crippen LogP contribution >= 0.6 is 11.3 Å². The molecule has 2 amide bonds. The Morgan fingerprint density at radius 1 is 1.25 bits per heavy atom. The standard InChI is InChI=1S/C21H27N3O3S/c1-21(2,3)27-20(26)23-13-16-11-7-8-12-24(16)19(25)17-14-22-18(28-17)15-9-5-4-6-10-15/h4-6,9-10,14,16H,7-8,11-13H2,1-3H3,(H,23,26). The van der Waals surface area contributed by atoms with E-state index in [9.17, 15) is 9.59 Å². The van der Waals surface area contributed by atoms with Crippen LogP contribution in [0.25, 0.3) is 10.6 Å². The molecule has 2 heterocycles. The Kier molecular flexibility index (Phi) is 6.34. The minimum atomic E-state index is -0.539. The zero-order valence-corrected chi connectivity index (χ0v) is 17.4. The van der Waals surface area contributed by atoms with Gasteiger partial charge in [0.15, 0.2) is 0 Å². The lowest BCUT2D eigenvalue weighted by molar-refractivity contribution is 0.0463. The molecule has 0 radical (unpaired) electrons. The topological polar surface area (TPSA) is 71.5 Å². The maximum Gasteiger partial charge on any atom is 0.407 e. The number of hydrogen-bond donors (Lipinski definition) is 1. The van der Waals surface area contributed by atoms with Crippen LogP contribution < -0.4 is 5.32 Å². The number of carbonyl (C=O) groups excluding carboxylic acids is 2. The maximum absolute atomic E-state index is 13.1. The zero-order valence-electron chi connectivity index (χ0n) is 16.6. The van der Waals surface area contributed by atoms with Gasteiger partial charge in [-0.25, -0.2) is 9.78 Å². The molecule has 1 aromatic heterocycles. The van der Waals surface area contributed by atoms with Gasteiger partial charge >= 0.3 is 6.09 Å². The van der Waals surface area contributed by atoms with E-state index < -0.39 is 11.7 Å². The Labute approximate surface area is 169 Å². The lowest BCUT2D eigenvalue weighted by atomic mass is 10.0. The van der Waals surface area contributed by atoms with Gasteiger partial charge in [-0.2, -0.15) is 0 Å². The van der Waals surface area contributed by atoms with E-state index in [-0.39, 0.29) is 11.9 Å². The number of nitrogens with one attached hydrogen (secondary N) is 1. The molecule has 6 nitrogen and oxygen atoms in total. The molecule has 1 aliphatic rings. The fraction of sp³-hybridized carbons (Fsp3) is 0.476. The van der Waals surface area contributed by atoms with Crippen LogP contribution in [0.2, 0.25) is 0 Å². The van der Waals surface area contributed by atoms with E-state index in [4.69, 9.17) is 4.74 Å². The summed E-state index contributed by atoms with van der Waals surface area (Å²) in [6.45, 7) is 6.58. The molecule has 150 valence electrons. The summed E-state index contributed by atoms with van der Waals surface area (Å²) in [6, 6.07) is 9.82. The second-order valence-corrected chi connectivity index (χ2v) is 8.96. The summed E-state index contributed by atoms with van der Waals surface area (Å²) >= 11 is 1.41. The molecule has 1 N–H and O–H groups in total. The highest BCUT2D eigenvalue weighted by atomic mass is 32.1. The number of nitrogens with zero attached hydrogens (tertiary/aromatic N) is 2. The zero-order chi connectivity index (χ0) is 20.1. The summed E-state index contributed by atoms with van der Waals surface area (Å²) < 4.78 is 5.30. The fourth-order valence-electron chi connectivity index (χ4n) is 3.22. The van der Waals surface area contributed by atoms with Crippen molar-refractivity contribution in [2.45, 2.75) is 51.7 Å². The molecule has 7 heteroatoms. The number of amides is 2. The number of ether oxygens (including phenoxy) is 1. The molecule has 2 aromatic rings. The minimum absolute atomic E-state index is 0.0182. The molecule has 1 saturated heterocycles. The number of rotatable bonds is 4. The summed E-state index contributed by atoms with van der Waals surface area (Å²) in [4.78, 5) is 32.0. The monoisotopic (exact) mass is 401 g/mol. The maximum atomic E-state index is 13.1. The van der Waals surface area contributed by atoms with Crippen LogP contribution in [0.15, 0.2) is 36.5 Å². The van der Waals surface area contributed by atoms with Crippen molar-refractivity contribution in [3.8, 4) is 10.6 Å². The smallest absolute Gasteiger partial charge is 0.407 e. The number of carbonyl (C=O) groups is 2. The lowest BCUT2D eigenvalue weighted by Gasteiger charge is -2.35. The Balaban J connectivity index is 1.66. The van der Waals surface area contributed by atoms with E-state index >= 15 is 0 Å². The third-order valence-corrected chi connectivity index (χ3v) is 5.54. The molecule has 3 rings (SSSR count). The Morgan fingerprint density at radius 2 is 2.00 bits per heavy atom. The van der Waals surface area contributed by atoms with Gasteiger partial charge in [0.2, 0.25) is 0 Å². The second-order valence-electron chi connectivity index (χ2n) is 7.93. The van der Waals surface area contributed by atoms with Crippen molar-refractivity contribution in [1.82, 2.24) is 15.2 Å². The van der Waals surface area contributed by atoms with Crippen molar-refractivity contribution in [2.24, 2.45) is 0 Å². The predicted molar refractivity (Wildman–Crippen MR) is 110 cm³/mol. The van der Waals surface area contributed by atoms with Gasteiger partial charge in [0.1, 0.15) is 15.5 Å². The number of thiazole rings is 1. The number of likely N-dealkylation sites (tertiary alicyclic amines) is 1. The largest absolute Gasteiger partial charge is 0.444 e. The average molecular weight is 402 g/mol. The molecule has 0 saturated carbocycles. The van der Waals surface area contributed by atoms with E-state index in [0.29, 0.717) is 18.0 Å². The van der Waals surface area contributed by atoms with E-state index in [2.05, 4.69) is 10.3 Å². The van der Waals surface area contributed by atoms with Crippen molar-refractivity contribution in [1.29, 1.82) is 0 Å². The van der Waals surface area contributed by atoms with E-state index in [1.165, 1.54) is 11.3 Å². The van der Waals surface area contributed by atoms with Crippen LogP contribution in [0.1, 0.15) is 49.7 Å². The molecule has 0 aliphatic carbocycles. The predicted octanol–water partition coefficient (Wildman–Crippen LogP) is 4.33. The van der Waals surface area contributed by atoms with Gasteiger partial charge in [-0.1, -0.05) is 30.3 Å². The summed E-state index contributed by atoms with van der Waals surface area (Å²) in [5.41, 5.74) is 0.469. The number of aromatic nitrogens is 1. The summed E-state index contributed by atoms with van der Waals surface area (Å²) in [7, 11) is 0.